The Morgan fingerprint density at radius 3 is 2.44 bits per heavy atom. The Labute approximate surface area is 97.4 Å². The third-order valence-electron chi connectivity index (χ3n) is 2.12. The van der Waals surface area contributed by atoms with Crippen LogP contribution in [0.5, 0.6) is 0 Å². The molecule has 0 amide bonds. The van der Waals surface area contributed by atoms with Crippen LogP contribution in [0.2, 0.25) is 0 Å². The normalized spacial score (nSPS) is 13.8. The first-order valence-corrected chi connectivity index (χ1v) is 5.96. The molecule has 1 N–H and O–H groups in total. The van der Waals surface area contributed by atoms with E-state index < -0.39 is 5.51 Å². The summed E-state index contributed by atoms with van der Waals surface area (Å²) in [6.07, 6.45) is 0. The maximum atomic E-state index is 11.8. The van der Waals surface area contributed by atoms with Crippen molar-refractivity contribution in [2.24, 2.45) is 0 Å². The molecule has 0 aliphatic heterocycles. The summed E-state index contributed by atoms with van der Waals surface area (Å²) in [4.78, 5) is 0. The van der Waals surface area contributed by atoms with Gasteiger partial charge >= 0.3 is 5.51 Å². The Hall–Kier alpha value is -0.680. The number of thioether (sulfide) groups is 1. The van der Waals surface area contributed by atoms with E-state index >= 15 is 0 Å². The summed E-state index contributed by atoms with van der Waals surface area (Å²) in [6, 6.07) is 9.73. The van der Waals surface area contributed by atoms with Gasteiger partial charge in [0.25, 0.3) is 0 Å². The molecule has 16 heavy (non-hydrogen) atoms. The van der Waals surface area contributed by atoms with Crippen LogP contribution in [0.25, 0.3) is 0 Å². The van der Waals surface area contributed by atoms with Gasteiger partial charge in [0.15, 0.2) is 0 Å². The standard InChI is InChI=1S/C11H14F3NS/c1-9(10-5-3-2-4-6-10)15-7-8-16-11(12,13)14/h2-6,9,15H,7-8H2,1H3/t9-/m0/s1. The maximum Gasteiger partial charge on any atom is 0.441 e. The van der Waals surface area contributed by atoms with Crippen molar-refractivity contribution >= 4 is 11.8 Å². The van der Waals surface area contributed by atoms with Crippen LogP contribution >= 0.6 is 11.8 Å². The minimum Gasteiger partial charge on any atom is -0.309 e. The Morgan fingerprint density at radius 1 is 1.25 bits per heavy atom. The molecule has 90 valence electrons. The molecular formula is C11H14F3NS. The van der Waals surface area contributed by atoms with E-state index in [1.54, 1.807) is 0 Å². The van der Waals surface area contributed by atoms with Crippen molar-refractivity contribution in [2.75, 3.05) is 12.3 Å². The van der Waals surface area contributed by atoms with Gasteiger partial charge in [-0.1, -0.05) is 30.3 Å². The van der Waals surface area contributed by atoms with E-state index in [4.69, 9.17) is 0 Å². The largest absolute Gasteiger partial charge is 0.441 e. The molecule has 0 aromatic heterocycles. The van der Waals surface area contributed by atoms with E-state index in [2.05, 4.69) is 5.32 Å². The van der Waals surface area contributed by atoms with Gasteiger partial charge in [-0.3, -0.25) is 0 Å². The number of rotatable bonds is 5. The van der Waals surface area contributed by atoms with E-state index in [0.29, 0.717) is 6.54 Å². The van der Waals surface area contributed by atoms with Gasteiger partial charge in [-0.2, -0.15) is 13.2 Å². The monoisotopic (exact) mass is 249 g/mol. The van der Waals surface area contributed by atoms with Crippen molar-refractivity contribution in [2.45, 2.75) is 18.5 Å². The lowest BCUT2D eigenvalue weighted by atomic mass is 10.1. The summed E-state index contributed by atoms with van der Waals surface area (Å²) in [5.41, 5.74) is -3.04. The summed E-state index contributed by atoms with van der Waals surface area (Å²) in [6.45, 7) is 2.29. The third kappa shape index (κ3) is 5.42. The van der Waals surface area contributed by atoms with Gasteiger partial charge in [-0.15, -0.1) is 0 Å². The first kappa shape index (κ1) is 13.4. The van der Waals surface area contributed by atoms with E-state index in [9.17, 15) is 13.2 Å². The molecule has 5 heteroatoms. The highest BCUT2D eigenvalue weighted by molar-refractivity contribution is 8.00. The average molecular weight is 249 g/mol. The molecule has 0 bridgehead atoms. The van der Waals surface area contributed by atoms with Crippen LogP contribution in [0.15, 0.2) is 30.3 Å². The summed E-state index contributed by atoms with van der Waals surface area (Å²) < 4.78 is 35.5. The van der Waals surface area contributed by atoms with Crippen LogP contribution in [0, 0.1) is 0 Å². The molecule has 0 aliphatic rings. The molecular weight excluding hydrogens is 235 g/mol. The van der Waals surface area contributed by atoms with Gasteiger partial charge in [-0.05, 0) is 24.2 Å². The zero-order valence-electron chi connectivity index (χ0n) is 8.92. The fourth-order valence-corrected chi connectivity index (χ4v) is 1.75. The topological polar surface area (TPSA) is 12.0 Å². The second-order valence-electron chi connectivity index (χ2n) is 3.38. The van der Waals surface area contributed by atoms with Gasteiger partial charge in [-0.25, -0.2) is 0 Å². The number of benzene rings is 1. The van der Waals surface area contributed by atoms with Crippen molar-refractivity contribution in [3.63, 3.8) is 0 Å². The van der Waals surface area contributed by atoms with Crippen LogP contribution in [0.1, 0.15) is 18.5 Å². The minimum atomic E-state index is -4.13. The van der Waals surface area contributed by atoms with Crippen LogP contribution in [-0.4, -0.2) is 17.8 Å². The van der Waals surface area contributed by atoms with Gasteiger partial charge in [0.2, 0.25) is 0 Å². The molecule has 0 heterocycles. The van der Waals surface area contributed by atoms with Crippen LogP contribution in [0.4, 0.5) is 13.2 Å². The molecule has 0 fully saturated rings. The van der Waals surface area contributed by atoms with Crippen molar-refractivity contribution in [3.05, 3.63) is 35.9 Å². The van der Waals surface area contributed by atoms with E-state index in [-0.39, 0.29) is 23.6 Å². The van der Waals surface area contributed by atoms with Crippen molar-refractivity contribution in [1.29, 1.82) is 0 Å². The zero-order chi connectivity index (χ0) is 12.0. The first-order valence-electron chi connectivity index (χ1n) is 4.98. The summed E-state index contributed by atoms with van der Waals surface area (Å²) in [5, 5.41) is 3.05. The van der Waals surface area contributed by atoms with Crippen LogP contribution < -0.4 is 5.32 Å². The zero-order valence-corrected chi connectivity index (χ0v) is 9.74. The summed E-state index contributed by atoms with van der Waals surface area (Å²) in [7, 11) is 0. The van der Waals surface area contributed by atoms with E-state index in [1.165, 1.54) is 0 Å². The highest BCUT2D eigenvalue weighted by Crippen LogP contribution is 2.29. The Morgan fingerprint density at radius 2 is 1.88 bits per heavy atom. The molecule has 0 aliphatic carbocycles. The highest BCUT2D eigenvalue weighted by atomic mass is 32.2. The van der Waals surface area contributed by atoms with Crippen molar-refractivity contribution in [3.8, 4) is 0 Å². The lowest BCUT2D eigenvalue weighted by Crippen LogP contribution is -2.22. The smallest absolute Gasteiger partial charge is 0.309 e. The Kier molecular flexibility index (Phi) is 5.15. The SMILES string of the molecule is C[C@H](NCCSC(F)(F)F)c1ccccc1. The average Bonchev–Trinajstić information content (AvgIpc) is 2.24. The Balaban J connectivity index is 2.24. The number of nitrogens with one attached hydrogen (secondary N) is 1. The Bertz CT molecular complexity index is 300. The molecule has 1 rings (SSSR count). The molecule has 0 unspecified atom stereocenters. The van der Waals surface area contributed by atoms with Crippen LogP contribution in [0.3, 0.4) is 0 Å². The number of hydrogen-bond acceptors (Lipinski definition) is 2. The number of alkyl halides is 3. The fraction of sp³-hybridized carbons (Fsp3) is 0.455. The first-order chi connectivity index (χ1) is 7.49. The predicted octanol–water partition coefficient (Wildman–Crippen LogP) is 3.59. The molecule has 0 saturated carbocycles. The molecule has 1 aromatic rings. The highest BCUT2D eigenvalue weighted by Gasteiger charge is 2.27. The lowest BCUT2D eigenvalue weighted by Gasteiger charge is -2.14. The third-order valence-corrected chi connectivity index (χ3v) is 2.85. The van der Waals surface area contributed by atoms with Gasteiger partial charge < -0.3 is 5.32 Å². The maximum absolute atomic E-state index is 11.8. The quantitative estimate of drug-likeness (QED) is 0.800. The van der Waals surface area contributed by atoms with Gasteiger partial charge in [0.05, 0.1) is 0 Å². The number of hydrogen-bond donors (Lipinski definition) is 1. The molecule has 1 nitrogen and oxygen atoms in total. The molecule has 0 radical (unpaired) electrons. The summed E-state index contributed by atoms with van der Waals surface area (Å²) in [5.74, 6) is 0.0423. The lowest BCUT2D eigenvalue weighted by molar-refractivity contribution is -0.0327. The molecule has 1 aromatic carbocycles. The fourth-order valence-electron chi connectivity index (χ4n) is 1.30. The van der Waals surface area contributed by atoms with Crippen LogP contribution in [-0.2, 0) is 0 Å². The van der Waals surface area contributed by atoms with Gasteiger partial charge in [0, 0.05) is 18.3 Å². The van der Waals surface area contributed by atoms with Crippen molar-refractivity contribution < 1.29 is 13.2 Å². The minimum absolute atomic E-state index is 0.00825. The summed E-state index contributed by atoms with van der Waals surface area (Å²) >= 11 is 0.00825. The molecule has 1 atom stereocenters. The molecule has 0 saturated heterocycles. The van der Waals surface area contributed by atoms with Crippen molar-refractivity contribution in [1.82, 2.24) is 5.32 Å². The second-order valence-corrected chi connectivity index (χ2v) is 4.54. The predicted molar refractivity (Wildman–Crippen MR) is 61.4 cm³/mol. The molecule has 0 spiro atoms. The van der Waals surface area contributed by atoms with Gasteiger partial charge in [0.1, 0.15) is 0 Å². The van der Waals surface area contributed by atoms with E-state index in [0.717, 1.165) is 5.56 Å². The van der Waals surface area contributed by atoms with E-state index in [1.807, 2.05) is 37.3 Å². The number of halogens is 3. The second kappa shape index (κ2) is 6.15.